The Bertz CT molecular complexity index is 1100. The number of aromatic nitrogens is 2. The highest BCUT2D eigenvalue weighted by atomic mass is 19.4. The molecule has 3 aromatic rings. The van der Waals surface area contributed by atoms with Crippen LogP contribution in [0.3, 0.4) is 0 Å². The maximum absolute atomic E-state index is 13.0. The smallest absolute Gasteiger partial charge is 0.416 e. The molecule has 2 aromatic heterocycles. The van der Waals surface area contributed by atoms with E-state index in [1.165, 1.54) is 19.3 Å². The van der Waals surface area contributed by atoms with Crippen molar-refractivity contribution in [2.24, 2.45) is 0 Å². The van der Waals surface area contributed by atoms with E-state index in [1.54, 1.807) is 6.92 Å². The molecule has 0 atom stereocenters. The van der Waals surface area contributed by atoms with Crippen LogP contribution in [0.4, 0.5) is 13.2 Å². The Morgan fingerprint density at radius 3 is 2.48 bits per heavy atom. The van der Waals surface area contributed by atoms with Crippen molar-refractivity contribution in [3.63, 3.8) is 0 Å². The summed E-state index contributed by atoms with van der Waals surface area (Å²) >= 11 is 0. The number of halogens is 3. The monoisotopic (exact) mass is 378 g/mol. The van der Waals surface area contributed by atoms with Crippen LogP contribution in [0.25, 0.3) is 17.1 Å². The van der Waals surface area contributed by atoms with Crippen molar-refractivity contribution in [3.8, 4) is 17.1 Å². The highest BCUT2D eigenvalue weighted by Gasteiger charge is 2.31. The van der Waals surface area contributed by atoms with E-state index in [1.807, 2.05) is 0 Å². The van der Waals surface area contributed by atoms with E-state index in [2.05, 4.69) is 4.98 Å². The molecule has 6 nitrogen and oxygen atoms in total. The van der Waals surface area contributed by atoms with Gasteiger partial charge in [0.2, 0.25) is 5.89 Å². The lowest BCUT2D eigenvalue weighted by Crippen LogP contribution is -2.27. The van der Waals surface area contributed by atoms with Crippen molar-refractivity contribution < 1.29 is 27.5 Å². The van der Waals surface area contributed by atoms with Crippen molar-refractivity contribution in [3.05, 3.63) is 69.5 Å². The van der Waals surface area contributed by atoms with Gasteiger partial charge in [0, 0.05) is 11.4 Å². The molecule has 27 heavy (non-hydrogen) atoms. The number of nitrogens with zero attached hydrogens (tertiary/aromatic N) is 2. The van der Waals surface area contributed by atoms with E-state index in [0.717, 1.165) is 28.8 Å². The van der Waals surface area contributed by atoms with Gasteiger partial charge in [0.1, 0.15) is 11.8 Å². The number of aryl methyl sites for hydroxylation is 1. The summed E-state index contributed by atoms with van der Waals surface area (Å²) in [6.07, 6.45) is -3.27. The summed E-state index contributed by atoms with van der Waals surface area (Å²) in [7, 11) is 0. The molecule has 0 bridgehead atoms. The number of benzene rings is 1. The SMILES string of the molecule is Cc1coc(-c2cc(C(=O)O)c(=O)n(-c3cccc(C(F)(F)F)c3)c2C)n1. The average molecular weight is 378 g/mol. The summed E-state index contributed by atoms with van der Waals surface area (Å²) in [5.41, 5.74) is -1.71. The van der Waals surface area contributed by atoms with Crippen LogP contribution in [0.15, 0.2) is 45.8 Å². The summed E-state index contributed by atoms with van der Waals surface area (Å²) < 4.78 is 45.3. The maximum atomic E-state index is 13.0. The molecular formula is C18H13F3N2O4. The Morgan fingerprint density at radius 2 is 1.93 bits per heavy atom. The third-order valence-electron chi connectivity index (χ3n) is 3.96. The summed E-state index contributed by atoms with van der Waals surface area (Å²) in [4.78, 5) is 28.2. The molecule has 9 heteroatoms. The number of carbonyl (C=O) groups is 1. The fourth-order valence-corrected chi connectivity index (χ4v) is 2.68. The first kappa shape index (κ1) is 18.4. The minimum absolute atomic E-state index is 0.0632. The van der Waals surface area contributed by atoms with Crippen LogP contribution in [-0.2, 0) is 6.18 Å². The average Bonchev–Trinajstić information content (AvgIpc) is 3.00. The molecule has 0 aliphatic rings. The van der Waals surface area contributed by atoms with Gasteiger partial charge >= 0.3 is 12.1 Å². The second-order valence-electron chi connectivity index (χ2n) is 5.84. The molecule has 0 spiro atoms. The predicted molar refractivity (Wildman–Crippen MR) is 89.0 cm³/mol. The number of alkyl halides is 3. The molecule has 0 saturated carbocycles. The van der Waals surface area contributed by atoms with Gasteiger partial charge in [0.05, 0.1) is 16.8 Å². The van der Waals surface area contributed by atoms with Crippen LogP contribution in [0.1, 0.15) is 27.3 Å². The third-order valence-corrected chi connectivity index (χ3v) is 3.96. The number of aromatic carboxylic acids is 1. The van der Waals surface area contributed by atoms with Crippen LogP contribution in [0, 0.1) is 13.8 Å². The molecule has 140 valence electrons. The molecule has 1 N–H and O–H groups in total. The fourth-order valence-electron chi connectivity index (χ4n) is 2.68. The number of rotatable bonds is 3. The van der Waals surface area contributed by atoms with E-state index >= 15 is 0 Å². The molecule has 0 saturated heterocycles. The first-order chi connectivity index (χ1) is 12.6. The zero-order chi connectivity index (χ0) is 19.9. The number of pyridine rings is 1. The van der Waals surface area contributed by atoms with Crippen molar-refractivity contribution in [1.29, 1.82) is 0 Å². The molecule has 0 fully saturated rings. The van der Waals surface area contributed by atoms with Gasteiger partial charge < -0.3 is 9.52 Å². The molecular weight excluding hydrogens is 365 g/mol. The van der Waals surface area contributed by atoms with Gasteiger partial charge in [-0.2, -0.15) is 13.2 Å². The lowest BCUT2D eigenvalue weighted by Gasteiger charge is -2.15. The van der Waals surface area contributed by atoms with Gasteiger partial charge in [-0.05, 0) is 38.1 Å². The normalized spacial score (nSPS) is 11.6. The zero-order valence-electron chi connectivity index (χ0n) is 14.2. The number of hydrogen-bond acceptors (Lipinski definition) is 4. The van der Waals surface area contributed by atoms with Crippen molar-refractivity contribution in [2.75, 3.05) is 0 Å². The fraction of sp³-hybridized carbons (Fsp3) is 0.167. The second kappa shape index (κ2) is 6.42. The molecule has 0 aliphatic carbocycles. The summed E-state index contributed by atoms with van der Waals surface area (Å²) in [6.45, 7) is 3.13. The standard InChI is InChI=1S/C18H13F3N2O4/c1-9-8-27-15(22-9)13-7-14(17(25)26)16(24)23(10(13)2)12-5-3-4-11(6-12)18(19,20)21/h3-8H,1-2H3,(H,25,26). The van der Waals surface area contributed by atoms with Crippen molar-refractivity contribution in [1.82, 2.24) is 9.55 Å². The molecule has 1 aromatic carbocycles. The maximum Gasteiger partial charge on any atom is 0.416 e. The zero-order valence-corrected chi connectivity index (χ0v) is 14.2. The quantitative estimate of drug-likeness (QED) is 0.749. The molecule has 3 rings (SSSR count). The topological polar surface area (TPSA) is 85.3 Å². The van der Waals surface area contributed by atoms with Gasteiger partial charge in [-0.15, -0.1) is 0 Å². The Balaban J connectivity index is 2.34. The Labute approximate surface area is 150 Å². The van der Waals surface area contributed by atoms with E-state index in [4.69, 9.17) is 4.42 Å². The van der Waals surface area contributed by atoms with E-state index in [9.17, 15) is 27.9 Å². The second-order valence-corrected chi connectivity index (χ2v) is 5.84. The molecule has 0 amide bonds. The highest BCUT2D eigenvalue weighted by molar-refractivity contribution is 5.89. The molecule has 0 aliphatic heterocycles. The molecule has 0 radical (unpaired) electrons. The van der Waals surface area contributed by atoms with Gasteiger partial charge in [-0.1, -0.05) is 6.07 Å². The Kier molecular flexibility index (Phi) is 4.38. The minimum Gasteiger partial charge on any atom is -0.477 e. The predicted octanol–water partition coefficient (Wildman–Crippen LogP) is 3.83. The third kappa shape index (κ3) is 3.35. The number of hydrogen-bond donors (Lipinski definition) is 1. The lowest BCUT2D eigenvalue weighted by molar-refractivity contribution is -0.137. The van der Waals surface area contributed by atoms with Crippen LogP contribution < -0.4 is 5.56 Å². The summed E-state index contributed by atoms with van der Waals surface area (Å²) in [6, 6.07) is 5.19. The van der Waals surface area contributed by atoms with Crippen LogP contribution in [0.5, 0.6) is 0 Å². The van der Waals surface area contributed by atoms with E-state index in [-0.39, 0.29) is 22.8 Å². The first-order valence-corrected chi connectivity index (χ1v) is 7.69. The number of carboxylic acid groups (broad SMARTS) is 1. The van der Waals surface area contributed by atoms with Crippen molar-refractivity contribution >= 4 is 5.97 Å². The minimum atomic E-state index is -4.61. The van der Waals surface area contributed by atoms with Crippen LogP contribution in [-0.4, -0.2) is 20.6 Å². The van der Waals surface area contributed by atoms with Gasteiger partial charge in [-0.25, -0.2) is 9.78 Å². The van der Waals surface area contributed by atoms with Crippen LogP contribution >= 0.6 is 0 Å². The van der Waals surface area contributed by atoms with E-state index in [0.29, 0.717) is 5.69 Å². The summed E-state index contributed by atoms with van der Waals surface area (Å²) in [5.74, 6) is -1.45. The Hall–Kier alpha value is -3.36. The lowest BCUT2D eigenvalue weighted by atomic mass is 10.1. The molecule has 0 unspecified atom stereocenters. The van der Waals surface area contributed by atoms with Crippen molar-refractivity contribution in [2.45, 2.75) is 20.0 Å². The first-order valence-electron chi connectivity index (χ1n) is 7.69. The van der Waals surface area contributed by atoms with Gasteiger partial charge in [-0.3, -0.25) is 9.36 Å². The number of oxazole rings is 1. The van der Waals surface area contributed by atoms with Gasteiger partial charge in [0.15, 0.2) is 0 Å². The largest absolute Gasteiger partial charge is 0.477 e. The van der Waals surface area contributed by atoms with E-state index < -0.39 is 28.8 Å². The highest BCUT2D eigenvalue weighted by Crippen LogP contribution is 2.31. The van der Waals surface area contributed by atoms with Crippen LogP contribution in [0.2, 0.25) is 0 Å². The van der Waals surface area contributed by atoms with Gasteiger partial charge in [0.25, 0.3) is 5.56 Å². The summed E-state index contributed by atoms with van der Waals surface area (Å²) in [5, 5.41) is 9.34. The molecule has 2 heterocycles. The Morgan fingerprint density at radius 1 is 1.22 bits per heavy atom. The number of carboxylic acids is 1.